The van der Waals surface area contributed by atoms with E-state index in [-0.39, 0.29) is 0 Å². The van der Waals surface area contributed by atoms with Gasteiger partial charge in [-0.25, -0.2) is 0 Å². The Kier molecular flexibility index (Phi) is 3.03. The molecule has 5 heteroatoms. The Morgan fingerprint density at radius 1 is 1.08 bits per heavy atom. The summed E-state index contributed by atoms with van der Waals surface area (Å²) in [5.41, 5.74) is 0. The highest BCUT2D eigenvalue weighted by Gasteiger charge is 2.41. The van der Waals surface area contributed by atoms with Gasteiger partial charge in [-0.05, 0) is 6.92 Å². The summed E-state index contributed by atoms with van der Waals surface area (Å²) in [6.07, 6.45) is -4.86. The first-order valence-electron chi connectivity index (χ1n) is 3.80. The summed E-state index contributed by atoms with van der Waals surface area (Å²) in [6, 6.07) is 0. The third kappa shape index (κ3) is 1.60. The molecule has 0 saturated carbocycles. The standard InChI is InChI=1S/C7H14O5/c1-3-4(8)5(9)6(10)7(11-2)12-3/h3-10H,1-2H3/t3?,4-,5?,6?,7+/m0/s1. The molecular formula is C7H14O5. The van der Waals surface area contributed by atoms with Crippen LogP contribution in [0, 0.1) is 0 Å². The molecule has 1 rings (SSSR count). The molecule has 12 heavy (non-hydrogen) atoms. The normalized spacial score (nSPS) is 49.2. The fraction of sp³-hybridized carbons (Fsp3) is 1.00. The molecule has 0 spiro atoms. The number of hydrogen-bond acceptors (Lipinski definition) is 5. The van der Waals surface area contributed by atoms with E-state index in [4.69, 9.17) is 9.47 Å². The summed E-state index contributed by atoms with van der Waals surface area (Å²) in [6.45, 7) is 1.60. The number of hydrogen-bond donors (Lipinski definition) is 3. The van der Waals surface area contributed by atoms with Crippen LogP contribution in [-0.2, 0) is 9.47 Å². The number of aliphatic hydroxyl groups is 3. The summed E-state index contributed by atoms with van der Waals surface area (Å²) in [4.78, 5) is 0. The van der Waals surface area contributed by atoms with Crippen LogP contribution in [0.5, 0.6) is 0 Å². The highest BCUT2D eigenvalue weighted by atomic mass is 16.7. The van der Waals surface area contributed by atoms with Gasteiger partial charge in [0, 0.05) is 7.11 Å². The van der Waals surface area contributed by atoms with Crippen LogP contribution < -0.4 is 0 Å². The van der Waals surface area contributed by atoms with E-state index < -0.39 is 30.7 Å². The van der Waals surface area contributed by atoms with Gasteiger partial charge in [-0.2, -0.15) is 0 Å². The van der Waals surface area contributed by atoms with E-state index in [2.05, 4.69) is 0 Å². The molecule has 5 atom stereocenters. The van der Waals surface area contributed by atoms with Crippen molar-refractivity contribution in [1.82, 2.24) is 0 Å². The molecule has 1 aliphatic rings. The van der Waals surface area contributed by atoms with Crippen LogP contribution in [0.3, 0.4) is 0 Å². The Labute approximate surface area is 70.5 Å². The Morgan fingerprint density at radius 2 is 1.67 bits per heavy atom. The van der Waals surface area contributed by atoms with Crippen LogP contribution in [0.15, 0.2) is 0 Å². The van der Waals surface area contributed by atoms with Crippen LogP contribution in [0.4, 0.5) is 0 Å². The van der Waals surface area contributed by atoms with Crippen molar-refractivity contribution in [3.05, 3.63) is 0 Å². The second kappa shape index (κ2) is 3.68. The molecule has 0 aromatic heterocycles. The summed E-state index contributed by atoms with van der Waals surface area (Å²) in [7, 11) is 1.37. The molecule has 5 nitrogen and oxygen atoms in total. The largest absolute Gasteiger partial charge is 0.388 e. The lowest BCUT2D eigenvalue weighted by molar-refractivity contribution is -0.286. The molecule has 0 bridgehead atoms. The van der Waals surface area contributed by atoms with Crippen molar-refractivity contribution in [2.75, 3.05) is 7.11 Å². The van der Waals surface area contributed by atoms with E-state index in [1.807, 2.05) is 0 Å². The lowest BCUT2D eigenvalue weighted by atomic mass is 10.0. The van der Waals surface area contributed by atoms with Gasteiger partial charge in [0.25, 0.3) is 0 Å². The fourth-order valence-electron chi connectivity index (χ4n) is 1.21. The summed E-state index contributed by atoms with van der Waals surface area (Å²) in [5.74, 6) is 0. The van der Waals surface area contributed by atoms with Crippen molar-refractivity contribution in [3.8, 4) is 0 Å². The predicted octanol–water partition coefficient (Wildman–Crippen LogP) is -1.54. The van der Waals surface area contributed by atoms with Crippen LogP contribution in [0.2, 0.25) is 0 Å². The molecule has 1 heterocycles. The maximum absolute atomic E-state index is 9.27. The van der Waals surface area contributed by atoms with Crippen LogP contribution in [-0.4, -0.2) is 53.1 Å². The van der Waals surface area contributed by atoms with Crippen molar-refractivity contribution < 1.29 is 24.8 Å². The first-order chi connectivity index (χ1) is 5.57. The molecule has 0 aromatic rings. The van der Waals surface area contributed by atoms with Crippen molar-refractivity contribution >= 4 is 0 Å². The van der Waals surface area contributed by atoms with Gasteiger partial charge in [-0.1, -0.05) is 0 Å². The minimum atomic E-state index is -1.21. The predicted molar refractivity (Wildman–Crippen MR) is 39.4 cm³/mol. The second-order valence-electron chi connectivity index (χ2n) is 2.92. The smallest absolute Gasteiger partial charge is 0.186 e. The molecule has 0 aromatic carbocycles. The zero-order valence-corrected chi connectivity index (χ0v) is 7.04. The third-order valence-corrected chi connectivity index (χ3v) is 2.04. The SMILES string of the molecule is CO[C@@H]1OC(C)[C@H](O)C(O)C1O. The molecule has 0 amide bonds. The monoisotopic (exact) mass is 178 g/mol. The van der Waals surface area contributed by atoms with Crippen molar-refractivity contribution in [2.24, 2.45) is 0 Å². The van der Waals surface area contributed by atoms with Gasteiger partial charge in [0.15, 0.2) is 6.29 Å². The molecule has 0 radical (unpaired) electrons. The lowest BCUT2D eigenvalue weighted by Gasteiger charge is -2.38. The summed E-state index contributed by atoms with van der Waals surface area (Å²) >= 11 is 0. The number of rotatable bonds is 1. The number of methoxy groups -OCH3 is 1. The lowest BCUT2D eigenvalue weighted by Crippen LogP contribution is -2.57. The van der Waals surface area contributed by atoms with Gasteiger partial charge in [-0.15, -0.1) is 0 Å². The number of ether oxygens (including phenoxy) is 2. The van der Waals surface area contributed by atoms with E-state index in [0.29, 0.717) is 0 Å². The van der Waals surface area contributed by atoms with Gasteiger partial charge in [-0.3, -0.25) is 0 Å². The quantitative estimate of drug-likeness (QED) is 0.453. The Morgan fingerprint density at radius 3 is 2.17 bits per heavy atom. The molecule has 0 aliphatic carbocycles. The Balaban J connectivity index is 2.63. The van der Waals surface area contributed by atoms with Gasteiger partial charge >= 0.3 is 0 Å². The molecule has 1 fully saturated rings. The van der Waals surface area contributed by atoms with Crippen molar-refractivity contribution in [1.29, 1.82) is 0 Å². The summed E-state index contributed by atoms with van der Waals surface area (Å²) in [5, 5.41) is 27.8. The average Bonchev–Trinajstić information content (AvgIpc) is 2.08. The number of aliphatic hydroxyl groups excluding tert-OH is 3. The van der Waals surface area contributed by atoms with Gasteiger partial charge in [0.1, 0.15) is 18.3 Å². The molecule has 1 aliphatic heterocycles. The van der Waals surface area contributed by atoms with E-state index in [0.717, 1.165) is 0 Å². The molecule has 3 unspecified atom stereocenters. The average molecular weight is 178 g/mol. The second-order valence-corrected chi connectivity index (χ2v) is 2.92. The zero-order valence-electron chi connectivity index (χ0n) is 7.04. The Bertz CT molecular complexity index is 146. The van der Waals surface area contributed by atoms with E-state index in [9.17, 15) is 15.3 Å². The zero-order chi connectivity index (χ0) is 9.30. The molecule has 1 saturated heterocycles. The molecule has 72 valence electrons. The first kappa shape index (κ1) is 9.88. The van der Waals surface area contributed by atoms with Crippen LogP contribution >= 0.6 is 0 Å². The first-order valence-corrected chi connectivity index (χ1v) is 3.80. The van der Waals surface area contributed by atoms with Crippen LogP contribution in [0.1, 0.15) is 6.92 Å². The van der Waals surface area contributed by atoms with Gasteiger partial charge in [0.2, 0.25) is 0 Å². The molecular weight excluding hydrogens is 164 g/mol. The third-order valence-electron chi connectivity index (χ3n) is 2.04. The van der Waals surface area contributed by atoms with Gasteiger partial charge in [0.05, 0.1) is 6.10 Å². The van der Waals surface area contributed by atoms with Crippen molar-refractivity contribution in [3.63, 3.8) is 0 Å². The maximum atomic E-state index is 9.27. The van der Waals surface area contributed by atoms with E-state index in [1.165, 1.54) is 7.11 Å². The van der Waals surface area contributed by atoms with Crippen LogP contribution in [0.25, 0.3) is 0 Å². The minimum Gasteiger partial charge on any atom is -0.388 e. The van der Waals surface area contributed by atoms with Gasteiger partial charge < -0.3 is 24.8 Å². The maximum Gasteiger partial charge on any atom is 0.186 e. The fourth-order valence-corrected chi connectivity index (χ4v) is 1.21. The Hall–Kier alpha value is -0.200. The van der Waals surface area contributed by atoms with E-state index >= 15 is 0 Å². The highest BCUT2D eigenvalue weighted by molar-refractivity contribution is 4.86. The summed E-state index contributed by atoms with van der Waals surface area (Å²) < 4.78 is 9.80. The highest BCUT2D eigenvalue weighted by Crippen LogP contribution is 2.20. The molecule has 3 N–H and O–H groups in total. The minimum absolute atomic E-state index is 0.534. The topological polar surface area (TPSA) is 79.2 Å². The van der Waals surface area contributed by atoms with Crippen molar-refractivity contribution in [2.45, 2.75) is 37.6 Å². The van der Waals surface area contributed by atoms with E-state index in [1.54, 1.807) is 6.92 Å².